The largest absolute Gasteiger partial charge is 0.418 e. The first-order valence-electron chi connectivity index (χ1n) is 12.5. The second-order valence-electron chi connectivity index (χ2n) is 10.2. The number of alkyl halides is 3. The van der Waals surface area contributed by atoms with Gasteiger partial charge in [0.05, 0.1) is 23.1 Å². The number of benzene rings is 1. The topological polar surface area (TPSA) is 120 Å². The van der Waals surface area contributed by atoms with E-state index >= 15 is 0 Å². The first-order valence-corrected chi connectivity index (χ1v) is 12.8. The van der Waals surface area contributed by atoms with E-state index in [-0.39, 0.29) is 16.7 Å². The maximum atomic E-state index is 14.2. The summed E-state index contributed by atoms with van der Waals surface area (Å²) in [6.45, 7) is 4.42. The Labute approximate surface area is 235 Å². The summed E-state index contributed by atoms with van der Waals surface area (Å²) >= 11 is 6.05. The highest BCUT2D eigenvalue weighted by molar-refractivity contribution is 6.30. The van der Waals surface area contributed by atoms with E-state index in [2.05, 4.69) is 20.2 Å². The Morgan fingerprint density at radius 1 is 1.15 bits per heavy atom. The number of aromatic nitrogens is 6. The summed E-state index contributed by atoms with van der Waals surface area (Å²) in [5.74, 6) is -2.27. The number of aryl methyl sites for hydroxylation is 2. The van der Waals surface area contributed by atoms with Crippen molar-refractivity contribution >= 4 is 11.6 Å². The van der Waals surface area contributed by atoms with Crippen LogP contribution in [0.25, 0.3) is 16.9 Å². The third-order valence-corrected chi connectivity index (χ3v) is 7.45. The zero-order valence-electron chi connectivity index (χ0n) is 21.7. The summed E-state index contributed by atoms with van der Waals surface area (Å²) in [4.78, 5) is 8.52. The smallest absolute Gasteiger partial charge is 0.388 e. The first kappa shape index (κ1) is 27.7. The van der Waals surface area contributed by atoms with E-state index in [0.29, 0.717) is 16.8 Å². The lowest BCUT2D eigenvalue weighted by atomic mass is 9.84. The molecular formula is C26H23ClF4N6O4. The number of hydrogen-bond donors (Lipinski definition) is 2. The molecule has 2 aliphatic heterocycles. The fourth-order valence-electron chi connectivity index (χ4n) is 5.22. The molecule has 10 nitrogen and oxygen atoms in total. The third-order valence-electron chi connectivity index (χ3n) is 7.22. The first-order chi connectivity index (χ1) is 19.2. The molecule has 15 heteroatoms. The van der Waals surface area contributed by atoms with Crippen molar-refractivity contribution in [1.29, 1.82) is 0 Å². The zero-order chi connectivity index (χ0) is 29.4. The van der Waals surface area contributed by atoms with E-state index in [1.165, 1.54) is 43.2 Å². The highest BCUT2D eigenvalue weighted by Crippen LogP contribution is 2.49. The maximum absolute atomic E-state index is 14.2. The summed E-state index contributed by atoms with van der Waals surface area (Å²) in [5, 5.41) is 30.8. The molecule has 6 rings (SSSR count). The van der Waals surface area contributed by atoms with Crippen molar-refractivity contribution in [1.82, 2.24) is 29.5 Å². The number of aliphatic hydroxyl groups is 2. The molecule has 0 radical (unpaired) electrons. The van der Waals surface area contributed by atoms with E-state index in [0.717, 1.165) is 22.9 Å². The summed E-state index contributed by atoms with van der Waals surface area (Å²) in [5.41, 5.74) is -0.340. The lowest BCUT2D eigenvalue weighted by Gasteiger charge is -2.56. The Morgan fingerprint density at radius 3 is 2.59 bits per heavy atom. The fourth-order valence-corrected chi connectivity index (χ4v) is 5.39. The molecule has 6 atom stereocenters. The number of fused-ring (bicyclic) bond motifs is 1. The van der Waals surface area contributed by atoms with Crippen LogP contribution >= 0.6 is 11.6 Å². The second kappa shape index (κ2) is 9.56. The monoisotopic (exact) mass is 594 g/mol. The van der Waals surface area contributed by atoms with Crippen molar-refractivity contribution in [3.63, 3.8) is 0 Å². The number of pyridine rings is 1. The molecule has 41 heavy (non-hydrogen) atoms. The van der Waals surface area contributed by atoms with Crippen molar-refractivity contribution in [3.8, 4) is 16.9 Å². The second-order valence-corrected chi connectivity index (χ2v) is 10.6. The van der Waals surface area contributed by atoms with E-state index in [4.69, 9.17) is 21.1 Å². The van der Waals surface area contributed by atoms with Crippen LogP contribution in [0, 0.1) is 19.7 Å². The molecule has 2 aliphatic rings. The molecule has 2 saturated heterocycles. The van der Waals surface area contributed by atoms with Gasteiger partial charge >= 0.3 is 6.18 Å². The molecule has 0 aliphatic carbocycles. The quantitative estimate of drug-likeness (QED) is 0.339. The summed E-state index contributed by atoms with van der Waals surface area (Å²) in [6, 6.07) is 3.29. The Morgan fingerprint density at radius 2 is 1.90 bits per heavy atom. The molecule has 1 aromatic carbocycles. The van der Waals surface area contributed by atoms with Gasteiger partial charge in [-0.15, -0.1) is 0 Å². The van der Waals surface area contributed by atoms with E-state index in [9.17, 15) is 27.8 Å². The Kier molecular flexibility index (Phi) is 6.46. The van der Waals surface area contributed by atoms with Gasteiger partial charge in [0.1, 0.15) is 42.1 Å². The normalized spacial score (nSPS) is 27.9. The minimum Gasteiger partial charge on any atom is -0.388 e. The number of nitrogens with zero attached hydrogens (tertiary/aromatic N) is 6. The van der Waals surface area contributed by atoms with Gasteiger partial charge in [0.15, 0.2) is 11.6 Å². The molecular weight excluding hydrogens is 572 g/mol. The van der Waals surface area contributed by atoms with Crippen molar-refractivity contribution in [2.75, 3.05) is 0 Å². The SMILES string of the molecule is Cc1nc([C@@H]2OC3[C@H](OC3(C)O)C(n3cc(-c4cc(F)c(C)cn4)cn3)C2O)n(-c2cc(Cl)ccc2C(F)(F)F)n1. The van der Waals surface area contributed by atoms with Crippen LogP contribution < -0.4 is 0 Å². The highest BCUT2D eigenvalue weighted by Gasteiger charge is 2.63. The van der Waals surface area contributed by atoms with Crippen LogP contribution in [-0.2, 0) is 15.7 Å². The van der Waals surface area contributed by atoms with Gasteiger partial charge in [-0.3, -0.25) is 9.67 Å². The minimum atomic E-state index is -4.75. The van der Waals surface area contributed by atoms with E-state index < -0.39 is 59.5 Å². The minimum absolute atomic E-state index is 0.0238. The lowest BCUT2D eigenvalue weighted by molar-refractivity contribution is -0.425. The van der Waals surface area contributed by atoms with Crippen LogP contribution in [0.5, 0.6) is 0 Å². The summed E-state index contributed by atoms with van der Waals surface area (Å²) < 4.78 is 70.0. The van der Waals surface area contributed by atoms with Crippen LogP contribution in [0.15, 0.2) is 42.9 Å². The molecule has 0 saturated carbocycles. The summed E-state index contributed by atoms with van der Waals surface area (Å²) in [7, 11) is 0. The van der Waals surface area contributed by atoms with Gasteiger partial charge in [0.25, 0.3) is 0 Å². The van der Waals surface area contributed by atoms with Gasteiger partial charge in [-0.25, -0.2) is 14.1 Å². The standard InChI is InChI=1S/C26H23ClF4N6O4/c1-11-8-32-17(7-16(11)28)13-9-33-36(10-13)19-20(38)22(40-23-21(19)41-25(23,3)39)24-34-12(2)35-37(24)18-6-14(27)4-5-15(18)26(29,30)31/h4-10,19-23,38-39H,1-3H3/t19?,20?,21-,22-,23?,25?/m1/s1. The highest BCUT2D eigenvalue weighted by atomic mass is 35.5. The van der Waals surface area contributed by atoms with Gasteiger partial charge in [0.2, 0.25) is 0 Å². The predicted molar refractivity (Wildman–Crippen MR) is 134 cm³/mol. The average Bonchev–Trinajstić information content (AvgIpc) is 3.52. The molecule has 216 valence electrons. The Balaban J connectivity index is 1.43. The maximum Gasteiger partial charge on any atom is 0.418 e. The van der Waals surface area contributed by atoms with Crippen molar-refractivity contribution in [2.45, 2.75) is 63.2 Å². The van der Waals surface area contributed by atoms with Crippen molar-refractivity contribution in [2.24, 2.45) is 0 Å². The summed E-state index contributed by atoms with van der Waals surface area (Å²) in [6.07, 6.45) is -5.19. The van der Waals surface area contributed by atoms with Gasteiger partial charge in [0, 0.05) is 34.6 Å². The molecule has 0 bridgehead atoms. The van der Waals surface area contributed by atoms with Crippen LogP contribution in [0.4, 0.5) is 17.6 Å². The molecule has 0 amide bonds. The van der Waals surface area contributed by atoms with Crippen LogP contribution in [0.2, 0.25) is 5.02 Å². The molecule has 0 spiro atoms. The van der Waals surface area contributed by atoms with Gasteiger partial charge in [-0.05, 0) is 39.0 Å². The molecule has 5 heterocycles. The zero-order valence-corrected chi connectivity index (χ0v) is 22.5. The lowest BCUT2D eigenvalue weighted by Crippen LogP contribution is -2.71. The Bertz CT molecular complexity index is 1640. The molecule has 2 fully saturated rings. The van der Waals surface area contributed by atoms with E-state index in [1.807, 2.05) is 0 Å². The fraction of sp³-hybridized carbons (Fsp3) is 0.385. The number of aliphatic hydroxyl groups excluding tert-OH is 1. The van der Waals surface area contributed by atoms with Crippen molar-refractivity contribution < 1.29 is 37.2 Å². The number of rotatable bonds is 4. The van der Waals surface area contributed by atoms with Crippen molar-refractivity contribution in [3.05, 3.63) is 76.5 Å². The average molecular weight is 595 g/mol. The predicted octanol–water partition coefficient (Wildman–Crippen LogP) is 4.10. The van der Waals surface area contributed by atoms with Crippen LogP contribution in [-0.4, -0.2) is 63.8 Å². The number of hydrogen-bond acceptors (Lipinski definition) is 8. The van der Waals surface area contributed by atoms with Gasteiger partial charge in [-0.2, -0.15) is 23.4 Å². The van der Waals surface area contributed by atoms with Crippen LogP contribution in [0.3, 0.4) is 0 Å². The Hall–Kier alpha value is -3.43. The van der Waals surface area contributed by atoms with Gasteiger partial charge < -0.3 is 19.7 Å². The van der Waals surface area contributed by atoms with Gasteiger partial charge in [-0.1, -0.05) is 11.6 Å². The molecule has 2 N–H and O–H groups in total. The van der Waals surface area contributed by atoms with E-state index in [1.54, 1.807) is 6.92 Å². The number of ether oxygens (including phenoxy) is 2. The number of halogens is 5. The molecule has 3 aromatic heterocycles. The molecule has 4 aromatic rings. The molecule has 4 unspecified atom stereocenters. The third kappa shape index (κ3) is 4.69. The van der Waals surface area contributed by atoms with Crippen LogP contribution in [0.1, 0.15) is 41.8 Å².